The number of hydrogen-bond donors (Lipinski definition) is 1. The van der Waals surface area contributed by atoms with Gasteiger partial charge >= 0.3 is 5.97 Å². The van der Waals surface area contributed by atoms with E-state index < -0.39 is 5.97 Å². The largest absolute Gasteiger partial charge is 0.489 e. The van der Waals surface area contributed by atoms with Gasteiger partial charge in [0, 0.05) is 20.6 Å². The highest BCUT2D eigenvalue weighted by Gasteiger charge is 2.28. The van der Waals surface area contributed by atoms with Crippen molar-refractivity contribution < 1.29 is 14.6 Å². The minimum Gasteiger partial charge on any atom is -0.489 e. The van der Waals surface area contributed by atoms with Crippen molar-refractivity contribution in [1.29, 1.82) is 0 Å². The van der Waals surface area contributed by atoms with Crippen LogP contribution in [0.1, 0.15) is 56.8 Å². The van der Waals surface area contributed by atoms with Gasteiger partial charge in [-0.05, 0) is 56.4 Å². The van der Waals surface area contributed by atoms with Gasteiger partial charge in [0.2, 0.25) is 0 Å². The van der Waals surface area contributed by atoms with Crippen LogP contribution in [0.3, 0.4) is 0 Å². The molecular weight excluding hydrogens is 450 g/mol. The summed E-state index contributed by atoms with van der Waals surface area (Å²) < 4.78 is 7.83. The van der Waals surface area contributed by atoms with Crippen molar-refractivity contribution in [1.82, 2.24) is 40.2 Å². The number of aromatic nitrogens is 8. The van der Waals surface area contributed by atoms with Crippen LogP contribution in [0.4, 0.5) is 5.95 Å². The van der Waals surface area contributed by atoms with Crippen LogP contribution >= 0.6 is 0 Å². The lowest BCUT2D eigenvalue weighted by atomic mass is 9.87. The lowest BCUT2D eigenvalue weighted by Gasteiger charge is -2.27. The molecule has 0 bridgehead atoms. The van der Waals surface area contributed by atoms with Crippen molar-refractivity contribution in [2.75, 3.05) is 18.5 Å². The number of anilines is 1. The lowest BCUT2D eigenvalue weighted by Crippen LogP contribution is -2.29. The number of unbranched alkanes of at least 4 members (excludes halogenated alkanes) is 1. The molecule has 3 aromatic heterocycles. The van der Waals surface area contributed by atoms with Crippen LogP contribution < -0.4 is 9.64 Å². The van der Waals surface area contributed by atoms with Crippen molar-refractivity contribution >= 4 is 11.9 Å². The third-order valence-corrected chi connectivity index (χ3v) is 6.41. The normalized spacial score (nSPS) is 17.9. The Bertz CT molecular complexity index is 1160. The van der Waals surface area contributed by atoms with E-state index in [1.54, 1.807) is 4.68 Å². The molecule has 1 aliphatic carbocycles. The monoisotopic (exact) mass is 483 g/mol. The molecule has 0 saturated heterocycles. The van der Waals surface area contributed by atoms with Gasteiger partial charge in [0.15, 0.2) is 0 Å². The van der Waals surface area contributed by atoms with Gasteiger partial charge in [0.05, 0.1) is 29.1 Å². The minimum atomic E-state index is -0.750. The van der Waals surface area contributed by atoms with Crippen LogP contribution in [0, 0.1) is 12.8 Å². The average molecular weight is 484 g/mol. The van der Waals surface area contributed by atoms with Gasteiger partial charge in [0.1, 0.15) is 18.0 Å². The van der Waals surface area contributed by atoms with Crippen LogP contribution in [-0.4, -0.2) is 71.0 Å². The number of tetrazole rings is 1. The van der Waals surface area contributed by atoms with E-state index in [2.05, 4.69) is 32.6 Å². The van der Waals surface area contributed by atoms with Crippen LogP contribution in [-0.2, 0) is 18.4 Å². The number of hydrogen-bond acceptors (Lipinski definition) is 9. The number of carbonyl (C=O) groups is 1. The third kappa shape index (κ3) is 5.75. The van der Waals surface area contributed by atoms with E-state index in [1.165, 1.54) is 4.80 Å². The fourth-order valence-corrected chi connectivity index (χ4v) is 4.30. The first-order valence-corrected chi connectivity index (χ1v) is 12.1. The molecule has 35 heavy (non-hydrogen) atoms. The van der Waals surface area contributed by atoms with Gasteiger partial charge in [-0.2, -0.15) is 4.80 Å². The highest BCUT2D eigenvalue weighted by Crippen LogP contribution is 2.30. The molecule has 1 fully saturated rings. The summed E-state index contributed by atoms with van der Waals surface area (Å²) in [5.41, 5.74) is 2.84. The van der Waals surface area contributed by atoms with E-state index in [0.717, 1.165) is 43.6 Å². The van der Waals surface area contributed by atoms with E-state index in [9.17, 15) is 9.90 Å². The van der Waals surface area contributed by atoms with Gasteiger partial charge in [-0.1, -0.05) is 23.7 Å². The maximum absolute atomic E-state index is 11.4. The second kappa shape index (κ2) is 10.8. The molecule has 12 nitrogen and oxygen atoms in total. The van der Waals surface area contributed by atoms with Crippen LogP contribution in [0.5, 0.6) is 5.75 Å². The van der Waals surface area contributed by atoms with Gasteiger partial charge in [-0.15, -0.1) is 10.2 Å². The molecule has 0 unspecified atom stereocenters. The molecule has 12 heteroatoms. The zero-order chi connectivity index (χ0) is 24.9. The van der Waals surface area contributed by atoms with E-state index in [1.807, 2.05) is 38.1 Å². The average Bonchev–Trinajstić information content (AvgIpc) is 3.46. The molecular formula is C23H33N9O3. The van der Waals surface area contributed by atoms with Gasteiger partial charge in [-0.25, -0.2) is 9.67 Å². The van der Waals surface area contributed by atoms with E-state index in [0.29, 0.717) is 42.5 Å². The maximum atomic E-state index is 11.4. The maximum Gasteiger partial charge on any atom is 0.306 e. The Labute approximate surface area is 204 Å². The van der Waals surface area contributed by atoms with E-state index >= 15 is 0 Å². The summed E-state index contributed by atoms with van der Waals surface area (Å²) in [6.45, 7) is 5.25. The number of aryl methyl sites for hydroxylation is 2. The Kier molecular flexibility index (Phi) is 7.57. The predicted molar refractivity (Wildman–Crippen MR) is 128 cm³/mol. The summed E-state index contributed by atoms with van der Waals surface area (Å²) in [6, 6.07) is 3.72. The Morgan fingerprint density at radius 3 is 2.83 bits per heavy atom. The first kappa shape index (κ1) is 24.6. The van der Waals surface area contributed by atoms with Crippen molar-refractivity contribution in [3.8, 4) is 17.1 Å². The smallest absolute Gasteiger partial charge is 0.306 e. The van der Waals surface area contributed by atoms with Gasteiger partial charge in [-0.3, -0.25) is 4.79 Å². The Morgan fingerprint density at radius 1 is 1.26 bits per heavy atom. The molecule has 2 atom stereocenters. The molecule has 0 radical (unpaired) electrons. The SMILES string of the molecule is CCCCN(C)c1nnn(Cc2c(-c3ccc(O[C@H]4CCC[C@H](C(=O)O)C4)c(C)n3)nnn2C)n1. The van der Waals surface area contributed by atoms with Crippen molar-refractivity contribution in [3.05, 3.63) is 23.5 Å². The van der Waals surface area contributed by atoms with Crippen LogP contribution in [0.2, 0.25) is 0 Å². The number of nitrogens with zero attached hydrogens (tertiary/aromatic N) is 9. The zero-order valence-corrected chi connectivity index (χ0v) is 20.8. The number of pyridine rings is 1. The quantitative estimate of drug-likeness (QED) is 0.458. The number of rotatable bonds is 10. The number of carboxylic acids is 1. The molecule has 1 saturated carbocycles. The summed E-state index contributed by atoms with van der Waals surface area (Å²) in [4.78, 5) is 19.6. The molecule has 3 aromatic rings. The lowest BCUT2D eigenvalue weighted by molar-refractivity contribution is -0.143. The summed E-state index contributed by atoms with van der Waals surface area (Å²) in [5, 5.41) is 30.7. The Hall–Kier alpha value is -3.57. The Morgan fingerprint density at radius 2 is 2.09 bits per heavy atom. The summed E-state index contributed by atoms with van der Waals surface area (Å²) in [7, 11) is 3.78. The highest BCUT2D eigenvalue weighted by atomic mass is 16.5. The fraction of sp³-hybridized carbons (Fsp3) is 0.609. The minimum absolute atomic E-state index is 0.119. The molecule has 1 aliphatic rings. The van der Waals surface area contributed by atoms with Crippen molar-refractivity contribution in [2.45, 2.75) is 65.0 Å². The molecule has 0 aliphatic heterocycles. The Balaban J connectivity index is 1.48. The zero-order valence-electron chi connectivity index (χ0n) is 20.8. The third-order valence-electron chi connectivity index (χ3n) is 6.41. The summed E-state index contributed by atoms with van der Waals surface area (Å²) >= 11 is 0. The van der Waals surface area contributed by atoms with E-state index in [4.69, 9.17) is 9.72 Å². The second-order valence-corrected chi connectivity index (χ2v) is 9.12. The molecule has 188 valence electrons. The number of ether oxygens (including phenoxy) is 1. The predicted octanol–water partition coefficient (Wildman–Crippen LogP) is 2.48. The van der Waals surface area contributed by atoms with Crippen molar-refractivity contribution in [2.24, 2.45) is 13.0 Å². The van der Waals surface area contributed by atoms with E-state index in [-0.39, 0.29) is 12.0 Å². The molecule has 3 heterocycles. The summed E-state index contributed by atoms with van der Waals surface area (Å²) in [6.07, 6.45) is 4.96. The number of aliphatic carboxylic acids is 1. The standard InChI is InChI=1S/C23H33N9O3/c1-5-6-12-30(3)23-26-29-32(27-23)14-19-21(25-28-31(19)4)18-10-11-20(15(2)24-18)35-17-9-7-8-16(13-17)22(33)34/h10-11,16-17H,5-9,12-14H2,1-4H3,(H,33,34)/t16-,17-/m0/s1. The number of carboxylic acid groups (broad SMARTS) is 1. The highest BCUT2D eigenvalue weighted by molar-refractivity contribution is 5.70. The van der Waals surface area contributed by atoms with Crippen LogP contribution in [0.15, 0.2) is 12.1 Å². The van der Waals surface area contributed by atoms with Crippen molar-refractivity contribution in [3.63, 3.8) is 0 Å². The summed E-state index contributed by atoms with van der Waals surface area (Å²) in [5.74, 6) is 0.146. The molecule has 4 rings (SSSR count). The fourth-order valence-electron chi connectivity index (χ4n) is 4.30. The first-order chi connectivity index (χ1) is 16.9. The molecule has 1 N–H and O–H groups in total. The molecule has 0 spiro atoms. The van der Waals surface area contributed by atoms with Crippen LogP contribution in [0.25, 0.3) is 11.4 Å². The second-order valence-electron chi connectivity index (χ2n) is 9.12. The van der Waals surface area contributed by atoms with Gasteiger partial charge in [0.25, 0.3) is 5.95 Å². The van der Waals surface area contributed by atoms with Gasteiger partial charge < -0.3 is 14.7 Å². The topological polar surface area (TPSA) is 137 Å². The first-order valence-electron chi connectivity index (χ1n) is 12.1. The molecule has 0 amide bonds. The molecule has 0 aromatic carbocycles.